The highest BCUT2D eigenvalue weighted by Crippen LogP contribution is 2.21. The summed E-state index contributed by atoms with van der Waals surface area (Å²) in [6, 6.07) is 0. The van der Waals surface area contributed by atoms with E-state index in [2.05, 4.69) is 45.1 Å². The van der Waals surface area contributed by atoms with Crippen molar-refractivity contribution in [2.75, 3.05) is 6.54 Å². The van der Waals surface area contributed by atoms with Crippen LogP contribution >= 0.6 is 0 Å². The first-order valence-corrected chi connectivity index (χ1v) is 5.68. The minimum absolute atomic E-state index is 0.413. The van der Waals surface area contributed by atoms with Crippen molar-refractivity contribution in [1.29, 1.82) is 0 Å². The normalized spacial score (nSPS) is 11.7. The van der Waals surface area contributed by atoms with Gasteiger partial charge in [-0.2, -0.15) is 0 Å². The van der Waals surface area contributed by atoms with Gasteiger partial charge in [-0.1, -0.05) is 32.9 Å². The van der Waals surface area contributed by atoms with Crippen LogP contribution in [-0.2, 0) is 6.54 Å². The molecular formula is C12H22N2O. The molecule has 0 aliphatic heterocycles. The van der Waals surface area contributed by atoms with E-state index in [1.165, 1.54) is 5.56 Å². The Balaban J connectivity index is 2.55. The summed E-state index contributed by atoms with van der Waals surface area (Å²) in [6.45, 7) is 12.5. The van der Waals surface area contributed by atoms with Gasteiger partial charge in [0, 0.05) is 18.0 Å². The van der Waals surface area contributed by atoms with Crippen molar-refractivity contribution in [3.8, 4) is 0 Å². The third kappa shape index (κ3) is 3.34. The molecule has 1 heterocycles. The van der Waals surface area contributed by atoms with E-state index in [9.17, 15) is 0 Å². The molecule has 0 atom stereocenters. The van der Waals surface area contributed by atoms with Gasteiger partial charge in [-0.05, 0) is 19.4 Å². The van der Waals surface area contributed by atoms with Gasteiger partial charge in [0.05, 0.1) is 0 Å². The summed E-state index contributed by atoms with van der Waals surface area (Å²) < 4.78 is 5.32. The van der Waals surface area contributed by atoms with E-state index in [1.54, 1.807) is 0 Å². The quantitative estimate of drug-likeness (QED) is 0.812. The van der Waals surface area contributed by atoms with Crippen LogP contribution in [0, 0.1) is 12.8 Å². The molecule has 3 nitrogen and oxygen atoms in total. The lowest BCUT2D eigenvalue weighted by Gasteiger charge is -2.05. The van der Waals surface area contributed by atoms with Crippen LogP contribution in [0.5, 0.6) is 0 Å². The summed E-state index contributed by atoms with van der Waals surface area (Å²) in [7, 11) is 0. The fraction of sp³-hybridized carbons (Fsp3) is 0.750. The number of rotatable bonds is 5. The highest BCUT2D eigenvalue weighted by molar-refractivity contribution is 5.23. The monoisotopic (exact) mass is 210 g/mol. The molecule has 0 fully saturated rings. The van der Waals surface area contributed by atoms with E-state index in [0.29, 0.717) is 11.8 Å². The van der Waals surface area contributed by atoms with Gasteiger partial charge in [0.1, 0.15) is 11.5 Å². The smallest absolute Gasteiger partial charge is 0.142 e. The summed E-state index contributed by atoms with van der Waals surface area (Å²) in [5.41, 5.74) is 2.24. The lowest BCUT2D eigenvalue weighted by molar-refractivity contribution is 0.362. The highest BCUT2D eigenvalue weighted by atomic mass is 16.5. The van der Waals surface area contributed by atoms with Crippen LogP contribution in [0.2, 0.25) is 0 Å². The molecule has 0 saturated heterocycles. The zero-order valence-electron chi connectivity index (χ0n) is 10.4. The first kappa shape index (κ1) is 12.2. The molecule has 3 heteroatoms. The van der Waals surface area contributed by atoms with Crippen LogP contribution in [0.15, 0.2) is 4.52 Å². The Morgan fingerprint density at radius 3 is 2.40 bits per heavy atom. The fourth-order valence-corrected chi connectivity index (χ4v) is 1.57. The van der Waals surface area contributed by atoms with Gasteiger partial charge in [0.2, 0.25) is 0 Å². The van der Waals surface area contributed by atoms with Gasteiger partial charge in [-0.15, -0.1) is 0 Å². The maximum atomic E-state index is 5.32. The molecular weight excluding hydrogens is 188 g/mol. The molecule has 86 valence electrons. The van der Waals surface area contributed by atoms with Gasteiger partial charge in [-0.25, -0.2) is 0 Å². The Kier molecular flexibility index (Phi) is 4.33. The molecule has 0 spiro atoms. The molecule has 0 aliphatic carbocycles. The van der Waals surface area contributed by atoms with Crippen molar-refractivity contribution < 1.29 is 4.52 Å². The number of hydrogen-bond acceptors (Lipinski definition) is 3. The van der Waals surface area contributed by atoms with E-state index in [1.807, 2.05) is 0 Å². The number of hydrogen-bond donors (Lipinski definition) is 1. The van der Waals surface area contributed by atoms with E-state index in [-0.39, 0.29) is 0 Å². The Bertz CT molecular complexity index is 303. The molecule has 0 radical (unpaired) electrons. The molecule has 1 N–H and O–H groups in total. The summed E-state index contributed by atoms with van der Waals surface area (Å²) in [4.78, 5) is 0. The van der Waals surface area contributed by atoms with Crippen LogP contribution < -0.4 is 5.32 Å². The third-order valence-corrected chi connectivity index (χ3v) is 2.43. The maximum Gasteiger partial charge on any atom is 0.142 e. The highest BCUT2D eigenvalue weighted by Gasteiger charge is 2.14. The SMILES string of the molecule is Cc1c(CNCC(C)C)noc1C(C)C. The summed E-state index contributed by atoms with van der Waals surface area (Å²) in [5.74, 6) is 2.09. The van der Waals surface area contributed by atoms with Gasteiger partial charge >= 0.3 is 0 Å². The largest absolute Gasteiger partial charge is 0.361 e. The zero-order chi connectivity index (χ0) is 11.4. The van der Waals surface area contributed by atoms with E-state index in [0.717, 1.165) is 24.5 Å². The van der Waals surface area contributed by atoms with Gasteiger partial charge in [0.15, 0.2) is 0 Å². The van der Waals surface area contributed by atoms with Crippen molar-refractivity contribution in [2.45, 2.75) is 47.1 Å². The average molecular weight is 210 g/mol. The van der Waals surface area contributed by atoms with Gasteiger partial charge in [-0.3, -0.25) is 0 Å². The van der Waals surface area contributed by atoms with Crippen molar-refractivity contribution in [2.24, 2.45) is 5.92 Å². The molecule has 15 heavy (non-hydrogen) atoms. The molecule has 0 saturated carbocycles. The Morgan fingerprint density at radius 1 is 1.27 bits per heavy atom. The summed E-state index contributed by atoms with van der Waals surface area (Å²) in [6.07, 6.45) is 0. The van der Waals surface area contributed by atoms with Crippen molar-refractivity contribution in [1.82, 2.24) is 10.5 Å². The van der Waals surface area contributed by atoms with E-state index >= 15 is 0 Å². The summed E-state index contributed by atoms with van der Waals surface area (Å²) >= 11 is 0. The van der Waals surface area contributed by atoms with Crippen molar-refractivity contribution in [3.05, 3.63) is 17.0 Å². The first-order valence-electron chi connectivity index (χ1n) is 5.68. The molecule has 0 unspecified atom stereocenters. The lowest BCUT2D eigenvalue weighted by atomic mass is 10.1. The van der Waals surface area contributed by atoms with Crippen molar-refractivity contribution in [3.63, 3.8) is 0 Å². The van der Waals surface area contributed by atoms with E-state index in [4.69, 9.17) is 4.52 Å². The maximum absolute atomic E-state index is 5.32. The number of nitrogens with one attached hydrogen (secondary N) is 1. The van der Waals surface area contributed by atoms with Crippen molar-refractivity contribution >= 4 is 0 Å². The van der Waals surface area contributed by atoms with Crippen LogP contribution in [0.25, 0.3) is 0 Å². The molecule has 0 bridgehead atoms. The molecule has 1 aromatic heterocycles. The second kappa shape index (κ2) is 5.31. The number of aromatic nitrogens is 1. The predicted octanol–water partition coefficient (Wildman–Crippen LogP) is 2.85. The van der Waals surface area contributed by atoms with Crippen LogP contribution in [0.3, 0.4) is 0 Å². The molecule has 1 rings (SSSR count). The molecule has 0 aliphatic rings. The van der Waals surface area contributed by atoms with Crippen LogP contribution in [0.4, 0.5) is 0 Å². The minimum atomic E-state index is 0.413. The minimum Gasteiger partial charge on any atom is -0.361 e. The Morgan fingerprint density at radius 2 is 1.93 bits per heavy atom. The average Bonchev–Trinajstić information content (AvgIpc) is 2.47. The van der Waals surface area contributed by atoms with Gasteiger partial charge < -0.3 is 9.84 Å². The Hall–Kier alpha value is -0.830. The molecule has 1 aromatic rings. The molecule has 0 amide bonds. The standard InChI is InChI=1S/C12H22N2O/c1-8(2)6-13-7-11-10(5)12(9(3)4)15-14-11/h8-9,13H,6-7H2,1-5H3. The number of nitrogens with zero attached hydrogens (tertiary/aromatic N) is 1. The van der Waals surface area contributed by atoms with Crippen LogP contribution in [-0.4, -0.2) is 11.7 Å². The molecule has 0 aromatic carbocycles. The summed E-state index contributed by atoms with van der Waals surface area (Å²) in [5, 5.41) is 7.47. The Labute approximate surface area is 92.2 Å². The fourth-order valence-electron chi connectivity index (χ4n) is 1.57. The zero-order valence-corrected chi connectivity index (χ0v) is 10.4. The first-order chi connectivity index (χ1) is 7.02. The second-order valence-electron chi connectivity index (χ2n) is 4.80. The predicted molar refractivity (Wildman–Crippen MR) is 61.9 cm³/mol. The second-order valence-corrected chi connectivity index (χ2v) is 4.80. The van der Waals surface area contributed by atoms with E-state index < -0.39 is 0 Å². The van der Waals surface area contributed by atoms with Crippen LogP contribution in [0.1, 0.15) is 50.6 Å². The van der Waals surface area contributed by atoms with Gasteiger partial charge in [0.25, 0.3) is 0 Å². The lowest BCUT2D eigenvalue weighted by Crippen LogP contribution is -2.19. The third-order valence-electron chi connectivity index (χ3n) is 2.43. The topological polar surface area (TPSA) is 38.1 Å².